The lowest BCUT2D eigenvalue weighted by atomic mass is 10.00. The summed E-state index contributed by atoms with van der Waals surface area (Å²) >= 11 is 5.32. The molecule has 0 aliphatic rings. The van der Waals surface area contributed by atoms with Crippen molar-refractivity contribution in [1.82, 2.24) is 0 Å². The minimum atomic E-state index is -4.95. The highest BCUT2D eigenvalue weighted by Crippen LogP contribution is 2.40. The van der Waals surface area contributed by atoms with Crippen LogP contribution in [-0.2, 0) is 6.18 Å². The van der Waals surface area contributed by atoms with E-state index in [1.54, 1.807) is 0 Å². The third-order valence-electron chi connectivity index (χ3n) is 2.01. The summed E-state index contributed by atoms with van der Waals surface area (Å²) in [7, 11) is 0. The second-order valence-electron chi connectivity index (χ2n) is 3.25. The largest absolute Gasteiger partial charge is 0.416 e. The van der Waals surface area contributed by atoms with E-state index >= 15 is 0 Å². The topological polar surface area (TPSA) is 26.0 Å². The maximum atomic E-state index is 12.5. The lowest BCUT2D eigenvalue weighted by Crippen LogP contribution is -2.30. The Labute approximate surface area is 109 Å². The fourth-order valence-corrected chi connectivity index (χ4v) is 1.39. The number of rotatable bonds is 1. The molecule has 9 heteroatoms. The number of hydrogen-bond acceptors (Lipinski definition) is 1. The van der Waals surface area contributed by atoms with E-state index in [2.05, 4.69) is 0 Å². The molecular formula is C9H7Cl2F6N. The Morgan fingerprint density at radius 3 is 1.94 bits per heavy atom. The van der Waals surface area contributed by atoms with Crippen LogP contribution in [0.5, 0.6) is 0 Å². The second-order valence-corrected chi connectivity index (χ2v) is 3.69. The maximum Gasteiger partial charge on any atom is 0.416 e. The third kappa shape index (κ3) is 3.93. The Hall–Kier alpha value is -0.660. The first-order valence-electron chi connectivity index (χ1n) is 4.22. The molecule has 1 aromatic rings. The van der Waals surface area contributed by atoms with Crippen LogP contribution in [0.4, 0.5) is 26.3 Å². The predicted molar refractivity (Wildman–Crippen MR) is 56.7 cm³/mol. The molecule has 0 aliphatic heterocycles. The zero-order valence-corrected chi connectivity index (χ0v) is 10.0. The molecule has 1 nitrogen and oxygen atoms in total. The molecule has 104 valence electrons. The average Bonchev–Trinajstić information content (AvgIpc) is 2.14. The first-order valence-corrected chi connectivity index (χ1v) is 4.60. The number of hydrogen-bond donors (Lipinski definition) is 1. The molecule has 1 rings (SSSR count). The Morgan fingerprint density at radius 2 is 1.56 bits per heavy atom. The van der Waals surface area contributed by atoms with Crippen LogP contribution in [0.2, 0.25) is 5.02 Å². The van der Waals surface area contributed by atoms with Gasteiger partial charge in [-0.1, -0.05) is 17.7 Å². The monoisotopic (exact) mass is 313 g/mol. The molecule has 0 saturated carbocycles. The first kappa shape index (κ1) is 17.3. The Kier molecular flexibility index (Phi) is 5.34. The van der Waals surface area contributed by atoms with E-state index < -0.39 is 29.5 Å². The summed E-state index contributed by atoms with van der Waals surface area (Å²) in [6, 6.07) is -0.722. The molecule has 0 bridgehead atoms. The van der Waals surface area contributed by atoms with Gasteiger partial charge in [-0.15, -0.1) is 12.4 Å². The molecular weight excluding hydrogens is 307 g/mol. The van der Waals surface area contributed by atoms with E-state index in [1.165, 1.54) is 0 Å². The van der Waals surface area contributed by atoms with Crippen LogP contribution in [0.1, 0.15) is 17.2 Å². The molecule has 1 atom stereocenters. The zero-order chi connectivity index (χ0) is 13.4. The Balaban J connectivity index is 0.00000289. The molecule has 0 heterocycles. The van der Waals surface area contributed by atoms with Gasteiger partial charge in [-0.3, -0.25) is 0 Å². The summed E-state index contributed by atoms with van der Waals surface area (Å²) in [5, 5.41) is -0.310. The number of alkyl halides is 6. The summed E-state index contributed by atoms with van der Waals surface area (Å²) in [6.45, 7) is 0. The summed E-state index contributed by atoms with van der Waals surface area (Å²) in [6.07, 6.45) is -9.89. The van der Waals surface area contributed by atoms with Gasteiger partial charge in [0.1, 0.15) is 6.04 Å². The van der Waals surface area contributed by atoms with Crippen molar-refractivity contribution in [3.05, 3.63) is 34.3 Å². The molecule has 0 saturated heterocycles. The van der Waals surface area contributed by atoms with Crippen molar-refractivity contribution in [1.29, 1.82) is 0 Å². The maximum absolute atomic E-state index is 12.5. The summed E-state index contributed by atoms with van der Waals surface area (Å²) in [5.41, 5.74) is 2.23. The van der Waals surface area contributed by atoms with Crippen molar-refractivity contribution >= 4 is 24.0 Å². The van der Waals surface area contributed by atoms with Gasteiger partial charge in [-0.05, 0) is 17.7 Å². The Bertz CT molecular complexity index is 414. The van der Waals surface area contributed by atoms with E-state index in [0.717, 1.165) is 6.07 Å². The minimum Gasteiger partial charge on any atom is -0.316 e. The first-order chi connectivity index (χ1) is 7.53. The molecule has 0 unspecified atom stereocenters. The molecule has 0 fully saturated rings. The van der Waals surface area contributed by atoms with E-state index in [1.807, 2.05) is 0 Å². The van der Waals surface area contributed by atoms with E-state index in [0.29, 0.717) is 12.1 Å². The van der Waals surface area contributed by atoms with Crippen molar-refractivity contribution in [2.75, 3.05) is 0 Å². The highest BCUT2D eigenvalue weighted by Gasteiger charge is 2.43. The van der Waals surface area contributed by atoms with Crippen molar-refractivity contribution < 1.29 is 26.3 Å². The van der Waals surface area contributed by atoms with E-state index in [-0.39, 0.29) is 17.4 Å². The van der Waals surface area contributed by atoms with Gasteiger partial charge in [0.2, 0.25) is 0 Å². The highest BCUT2D eigenvalue weighted by molar-refractivity contribution is 6.30. The van der Waals surface area contributed by atoms with Gasteiger partial charge in [0.05, 0.1) is 5.56 Å². The molecule has 0 amide bonds. The van der Waals surface area contributed by atoms with Gasteiger partial charge >= 0.3 is 12.4 Å². The molecule has 0 aliphatic carbocycles. The standard InChI is InChI=1S/C9H6ClF6N.ClH/c10-4-1-2-5(7(17)9(14,15)16)6(3-4)8(11,12)13;/h1-3,7H,17H2;1H/t7-;/m1./s1. The van der Waals surface area contributed by atoms with Crippen LogP contribution < -0.4 is 5.73 Å². The molecule has 0 radical (unpaired) electrons. The molecule has 1 aromatic carbocycles. The SMILES string of the molecule is Cl.N[C@H](c1ccc(Cl)cc1C(F)(F)F)C(F)(F)F. The summed E-state index contributed by atoms with van der Waals surface area (Å²) in [5.74, 6) is 0. The second kappa shape index (κ2) is 5.54. The van der Waals surface area contributed by atoms with Crippen molar-refractivity contribution in [2.24, 2.45) is 5.73 Å². The van der Waals surface area contributed by atoms with Gasteiger partial charge in [0.15, 0.2) is 0 Å². The van der Waals surface area contributed by atoms with Gasteiger partial charge in [-0.25, -0.2) is 0 Å². The van der Waals surface area contributed by atoms with Crippen molar-refractivity contribution in [3.63, 3.8) is 0 Å². The van der Waals surface area contributed by atoms with E-state index in [9.17, 15) is 26.3 Å². The predicted octanol–water partition coefficient (Wildman–Crippen LogP) is 4.34. The van der Waals surface area contributed by atoms with Gasteiger partial charge in [0, 0.05) is 5.02 Å². The molecule has 0 spiro atoms. The van der Waals surface area contributed by atoms with E-state index in [4.69, 9.17) is 17.3 Å². The zero-order valence-electron chi connectivity index (χ0n) is 8.44. The van der Waals surface area contributed by atoms with Crippen LogP contribution in [0.15, 0.2) is 18.2 Å². The van der Waals surface area contributed by atoms with Crippen LogP contribution >= 0.6 is 24.0 Å². The number of halogens is 8. The van der Waals surface area contributed by atoms with Crippen LogP contribution in [0, 0.1) is 0 Å². The van der Waals surface area contributed by atoms with Crippen molar-refractivity contribution in [3.8, 4) is 0 Å². The quantitative estimate of drug-likeness (QED) is 0.767. The Morgan fingerprint density at radius 1 is 1.06 bits per heavy atom. The lowest BCUT2D eigenvalue weighted by Gasteiger charge is -2.20. The highest BCUT2D eigenvalue weighted by atomic mass is 35.5. The summed E-state index contributed by atoms with van der Waals surface area (Å²) < 4.78 is 74.3. The van der Waals surface area contributed by atoms with Gasteiger partial charge in [0.25, 0.3) is 0 Å². The summed E-state index contributed by atoms with van der Waals surface area (Å²) in [4.78, 5) is 0. The third-order valence-corrected chi connectivity index (χ3v) is 2.24. The number of benzene rings is 1. The molecule has 2 N–H and O–H groups in total. The minimum absolute atomic E-state index is 0. The van der Waals surface area contributed by atoms with Gasteiger partial charge in [-0.2, -0.15) is 26.3 Å². The van der Waals surface area contributed by atoms with Crippen molar-refractivity contribution in [2.45, 2.75) is 18.4 Å². The van der Waals surface area contributed by atoms with Gasteiger partial charge < -0.3 is 5.73 Å². The number of nitrogens with two attached hydrogens (primary N) is 1. The van der Waals surface area contributed by atoms with Crippen LogP contribution in [0.3, 0.4) is 0 Å². The fourth-order valence-electron chi connectivity index (χ4n) is 1.22. The average molecular weight is 314 g/mol. The smallest absolute Gasteiger partial charge is 0.316 e. The normalized spacial score (nSPS) is 14.0. The fraction of sp³-hybridized carbons (Fsp3) is 0.333. The molecule has 18 heavy (non-hydrogen) atoms. The lowest BCUT2D eigenvalue weighted by molar-refractivity contribution is -0.155. The molecule has 0 aromatic heterocycles. The van der Waals surface area contributed by atoms with Crippen LogP contribution in [0.25, 0.3) is 0 Å². The van der Waals surface area contributed by atoms with Crippen LogP contribution in [-0.4, -0.2) is 6.18 Å².